The van der Waals surface area contributed by atoms with Crippen LogP contribution in [0.15, 0.2) is 61.2 Å². The molecule has 2 aliphatic carbocycles. The summed E-state index contributed by atoms with van der Waals surface area (Å²) in [6, 6.07) is 16.5. The van der Waals surface area contributed by atoms with Crippen molar-refractivity contribution in [2.24, 2.45) is 5.92 Å². The van der Waals surface area contributed by atoms with E-state index in [1.54, 1.807) is 11.0 Å². The molecule has 2 N–H and O–H groups in total. The van der Waals surface area contributed by atoms with Crippen molar-refractivity contribution in [1.82, 2.24) is 20.1 Å². The van der Waals surface area contributed by atoms with Gasteiger partial charge in [0.1, 0.15) is 12.7 Å². The van der Waals surface area contributed by atoms with Gasteiger partial charge in [0, 0.05) is 23.2 Å². The van der Waals surface area contributed by atoms with Gasteiger partial charge in [0.05, 0.1) is 6.54 Å². The first-order valence-corrected chi connectivity index (χ1v) is 10.3. The fraction of sp³-hybridized carbons (Fsp3) is 0.348. The predicted molar refractivity (Wildman–Crippen MR) is 112 cm³/mol. The molecule has 6 heteroatoms. The maximum Gasteiger partial charge on any atom is 0.255 e. The van der Waals surface area contributed by atoms with E-state index in [0.717, 1.165) is 17.2 Å². The second kappa shape index (κ2) is 7.79. The van der Waals surface area contributed by atoms with E-state index >= 15 is 0 Å². The van der Waals surface area contributed by atoms with Gasteiger partial charge in [0.25, 0.3) is 5.91 Å². The lowest BCUT2D eigenvalue weighted by Crippen LogP contribution is -2.20. The lowest BCUT2D eigenvalue weighted by molar-refractivity contribution is 0.102. The van der Waals surface area contributed by atoms with E-state index in [2.05, 4.69) is 32.8 Å². The minimum absolute atomic E-state index is 0.103. The van der Waals surface area contributed by atoms with E-state index in [1.165, 1.54) is 37.7 Å². The van der Waals surface area contributed by atoms with Crippen LogP contribution in [0.3, 0.4) is 0 Å². The van der Waals surface area contributed by atoms with Gasteiger partial charge in [-0.3, -0.25) is 4.79 Å². The third-order valence-electron chi connectivity index (χ3n) is 5.75. The minimum Gasteiger partial charge on any atom is -0.322 e. The molecule has 148 valence electrons. The zero-order chi connectivity index (χ0) is 19.6. The van der Waals surface area contributed by atoms with Crippen molar-refractivity contribution in [2.45, 2.75) is 37.8 Å². The second-order valence-corrected chi connectivity index (χ2v) is 8.17. The monoisotopic (exact) mass is 387 g/mol. The number of anilines is 1. The molecule has 5 rings (SSSR count). The molecule has 2 saturated carbocycles. The van der Waals surface area contributed by atoms with Crippen LogP contribution in [-0.4, -0.2) is 33.3 Å². The van der Waals surface area contributed by atoms with Gasteiger partial charge in [-0.25, -0.2) is 9.67 Å². The predicted octanol–water partition coefficient (Wildman–Crippen LogP) is 3.43. The fourth-order valence-electron chi connectivity index (χ4n) is 3.76. The number of hydrogen-bond acceptors (Lipinski definition) is 4. The third kappa shape index (κ3) is 4.54. The first-order chi connectivity index (χ1) is 14.2. The van der Waals surface area contributed by atoms with Crippen LogP contribution in [0.5, 0.6) is 0 Å². The van der Waals surface area contributed by atoms with Crippen LogP contribution in [0, 0.1) is 5.92 Å². The number of aromatic nitrogens is 3. The molecule has 2 aliphatic rings. The highest BCUT2D eigenvalue weighted by molar-refractivity contribution is 6.04. The van der Waals surface area contributed by atoms with E-state index in [-0.39, 0.29) is 5.91 Å². The van der Waals surface area contributed by atoms with Gasteiger partial charge in [-0.05, 0) is 67.1 Å². The summed E-state index contributed by atoms with van der Waals surface area (Å²) in [6.07, 6.45) is 7.18. The summed E-state index contributed by atoms with van der Waals surface area (Å²) in [6.45, 7) is 1.76. The van der Waals surface area contributed by atoms with Crippen LogP contribution in [0.1, 0.15) is 46.7 Å². The molecule has 2 unspecified atom stereocenters. The molecular formula is C23H25N5O. The highest BCUT2D eigenvalue weighted by Crippen LogP contribution is 2.41. The number of nitrogens with zero attached hydrogens (tertiary/aromatic N) is 3. The molecule has 2 fully saturated rings. The van der Waals surface area contributed by atoms with Crippen LogP contribution >= 0.6 is 0 Å². The van der Waals surface area contributed by atoms with Crippen LogP contribution in [0.4, 0.5) is 5.69 Å². The largest absolute Gasteiger partial charge is 0.322 e. The number of hydrogen-bond donors (Lipinski definition) is 2. The summed E-state index contributed by atoms with van der Waals surface area (Å²) < 4.78 is 1.74. The van der Waals surface area contributed by atoms with Gasteiger partial charge < -0.3 is 10.6 Å². The van der Waals surface area contributed by atoms with Gasteiger partial charge >= 0.3 is 0 Å². The normalized spacial score (nSPS) is 20.4. The molecule has 3 aromatic rings. The van der Waals surface area contributed by atoms with Crippen molar-refractivity contribution in [1.29, 1.82) is 0 Å². The number of rotatable bonds is 8. The molecule has 1 aromatic heterocycles. The average Bonchev–Trinajstić information content (AvgIpc) is 3.66. The molecule has 0 bridgehead atoms. The van der Waals surface area contributed by atoms with Crippen molar-refractivity contribution in [3.63, 3.8) is 0 Å². The van der Waals surface area contributed by atoms with Crippen molar-refractivity contribution < 1.29 is 4.79 Å². The molecule has 0 aliphatic heterocycles. The highest BCUT2D eigenvalue weighted by atomic mass is 16.1. The lowest BCUT2D eigenvalue weighted by atomic mass is 10.1. The number of carbonyl (C=O) groups is 1. The summed E-state index contributed by atoms with van der Waals surface area (Å²) in [4.78, 5) is 16.6. The minimum atomic E-state index is -0.103. The zero-order valence-corrected chi connectivity index (χ0v) is 16.3. The van der Waals surface area contributed by atoms with E-state index in [0.29, 0.717) is 24.1 Å². The lowest BCUT2D eigenvalue weighted by Gasteiger charge is -2.09. The Bertz CT molecular complexity index is 979. The summed E-state index contributed by atoms with van der Waals surface area (Å²) in [5.74, 6) is 1.43. The van der Waals surface area contributed by atoms with E-state index in [1.807, 2.05) is 36.4 Å². The molecule has 6 nitrogen and oxygen atoms in total. The molecule has 29 heavy (non-hydrogen) atoms. The molecule has 1 heterocycles. The van der Waals surface area contributed by atoms with Gasteiger partial charge in [-0.1, -0.05) is 24.3 Å². The maximum absolute atomic E-state index is 12.7. The molecule has 2 aromatic carbocycles. The SMILES string of the molecule is O=C(Nc1ccc(C2CC2NCC2CC2)cc1)c1cccc(Cn2cncn2)c1. The number of benzene rings is 2. The number of carbonyl (C=O) groups excluding carboxylic acids is 1. The van der Waals surface area contributed by atoms with Crippen molar-refractivity contribution in [3.8, 4) is 0 Å². The van der Waals surface area contributed by atoms with Crippen LogP contribution in [-0.2, 0) is 6.54 Å². The number of amides is 1. The van der Waals surface area contributed by atoms with Crippen molar-refractivity contribution >= 4 is 11.6 Å². The highest BCUT2D eigenvalue weighted by Gasteiger charge is 2.38. The Morgan fingerprint density at radius 2 is 2.00 bits per heavy atom. The quantitative estimate of drug-likeness (QED) is 0.621. The number of nitrogens with one attached hydrogen (secondary N) is 2. The van der Waals surface area contributed by atoms with Gasteiger partial charge in [-0.2, -0.15) is 5.10 Å². The molecule has 1 amide bonds. The molecule has 0 radical (unpaired) electrons. The maximum atomic E-state index is 12.7. The summed E-state index contributed by atoms with van der Waals surface area (Å²) in [5, 5.41) is 10.8. The average molecular weight is 387 g/mol. The Morgan fingerprint density at radius 3 is 2.76 bits per heavy atom. The van der Waals surface area contributed by atoms with Crippen LogP contribution < -0.4 is 10.6 Å². The van der Waals surface area contributed by atoms with E-state index in [9.17, 15) is 4.79 Å². The zero-order valence-electron chi connectivity index (χ0n) is 16.3. The first kappa shape index (κ1) is 18.1. The standard InChI is InChI=1S/C23H25N5O/c29-23(19-3-1-2-17(10-19)13-28-15-24-14-26-28)27-20-8-6-18(7-9-20)21-11-22(21)25-12-16-4-5-16/h1-3,6-10,14-16,21-22,25H,4-5,11-13H2,(H,27,29). The summed E-state index contributed by atoms with van der Waals surface area (Å²) >= 11 is 0. The van der Waals surface area contributed by atoms with Crippen LogP contribution in [0.2, 0.25) is 0 Å². The Kier molecular flexibility index (Phi) is 4.86. The molecule has 0 saturated heterocycles. The first-order valence-electron chi connectivity index (χ1n) is 10.3. The summed E-state index contributed by atoms with van der Waals surface area (Å²) in [7, 11) is 0. The Morgan fingerprint density at radius 1 is 1.14 bits per heavy atom. The Hall–Kier alpha value is -2.99. The molecular weight excluding hydrogens is 362 g/mol. The van der Waals surface area contributed by atoms with E-state index in [4.69, 9.17) is 0 Å². The van der Waals surface area contributed by atoms with Crippen molar-refractivity contribution in [3.05, 3.63) is 77.9 Å². The Labute approximate surface area is 170 Å². The van der Waals surface area contributed by atoms with Gasteiger partial charge in [0.15, 0.2) is 0 Å². The third-order valence-corrected chi connectivity index (χ3v) is 5.75. The van der Waals surface area contributed by atoms with Crippen LogP contribution in [0.25, 0.3) is 0 Å². The topological polar surface area (TPSA) is 71.8 Å². The van der Waals surface area contributed by atoms with Gasteiger partial charge in [0.2, 0.25) is 0 Å². The summed E-state index contributed by atoms with van der Waals surface area (Å²) in [5.41, 5.74) is 3.82. The molecule has 0 spiro atoms. The Balaban J connectivity index is 1.17. The van der Waals surface area contributed by atoms with E-state index < -0.39 is 0 Å². The second-order valence-electron chi connectivity index (χ2n) is 8.17. The molecule has 2 atom stereocenters. The van der Waals surface area contributed by atoms with Crippen molar-refractivity contribution in [2.75, 3.05) is 11.9 Å². The van der Waals surface area contributed by atoms with Gasteiger partial charge in [-0.15, -0.1) is 0 Å². The smallest absolute Gasteiger partial charge is 0.255 e. The fourth-order valence-corrected chi connectivity index (χ4v) is 3.76.